The summed E-state index contributed by atoms with van der Waals surface area (Å²) in [6.07, 6.45) is 0. The number of likely N-dealkylation sites (N-methyl/N-ethyl adjacent to an activating group) is 1. The van der Waals surface area contributed by atoms with E-state index in [1.165, 1.54) is 18.1 Å². The number of carbonyl (C=O) groups excluding carboxylic acids is 2. The molecule has 33 heavy (non-hydrogen) atoms. The Kier molecular flexibility index (Phi) is 7.54. The van der Waals surface area contributed by atoms with Crippen molar-refractivity contribution in [2.24, 2.45) is 0 Å². The van der Waals surface area contributed by atoms with Gasteiger partial charge in [0.1, 0.15) is 25.3 Å². The van der Waals surface area contributed by atoms with Gasteiger partial charge in [0, 0.05) is 24.4 Å². The summed E-state index contributed by atoms with van der Waals surface area (Å²) in [7, 11) is 1.35. The summed E-state index contributed by atoms with van der Waals surface area (Å²) in [4.78, 5) is 37.9. The van der Waals surface area contributed by atoms with Crippen LogP contribution in [0, 0.1) is 10.1 Å². The van der Waals surface area contributed by atoms with Crippen LogP contribution in [0.3, 0.4) is 0 Å². The average Bonchev–Trinajstić information content (AvgIpc) is 2.81. The predicted molar refractivity (Wildman–Crippen MR) is 118 cm³/mol. The van der Waals surface area contributed by atoms with E-state index in [1.807, 2.05) is 0 Å². The van der Waals surface area contributed by atoms with Crippen LogP contribution in [-0.4, -0.2) is 61.7 Å². The van der Waals surface area contributed by atoms with Crippen LogP contribution in [0.2, 0.25) is 0 Å². The molecule has 1 heterocycles. The van der Waals surface area contributed by atoms with Crippen LogP contribution in [-0.2, 0) is 4.79 Å². The van der Waals surface area contributed by atoms with Gasteiger partial charge in [0.15, 0.2) is 23.0 Å². The van der Waals surface area contributed by atoms with Gasteiger partial charge in [-0.2, -0.15) is 0 Å². The molecule has 0 fully saturated rings. The fourth-order valence-corrected chi connectivity index (χ4v) is 3.29. The molecule has 0 aromatic heterocycles. The molecule has 2 aromatic rings. The number of amides is 2. The average molecular weight is 459 g/mol. The summed E-state index contributed by atoms with van der Waals surface area (Å²) >= 11 is 0. The normalized spacial score (nSPS) is 12.0. The zero-order chi connectivity index (χ0) is 24.0. The summed E-state index contributed by atoms with van der Waals surface area (Å²) in [5.74, 6) is 0.291. The quantitative estimate of drug-likeness (QED) is 0.448. The maximum Gasteiger partial charge on any atom is 0.286 e. The monoisotopic (exact) mass is 459 g/mol. The molecule has 11 nitrogen and oxygen atoms in total. The molecule has 0 aliphatic carbocycles. The van der Waals surface area contributed by atoms with Gasteiger partial charge < -0.3 is 29.2 Å². The van der Waals surface area contributed by atoms with E-state index in [4.69, 9.17) is 18.9 Å². The molecule has 2 aromatic carbocycles. The Bertz CT molecular complexity index is 1060. The first kappa shape index (κ1) is 23.6. The van der Waals surface area contributed by atoms with Crippen LogP contribution in [0.25, 0.3) is 0 Å². The lowest BCUT2D eigenvalue weighted by atomic mass is 10.1. The highest BCUT2D eigenvalue weighted by Gasteiger charge is 2.28. The number of fused-ring (bicyclic) bond motifs is 1. The topological polar surface area (TPSA) is 129 Å². The first-order valence-corrected chi connectivity index (χ1v) is 10.4. The summed E-state index contributed by atoms with van der Waals surface area (Å²) in [6, 6.07) is 7.38. The maximum atomic E-state index is 13.1. The number of hydrogen-bond donors (Lipinski definition) is 1. The van der Waals surface area contributed by atoms with Crippen molar-refractivity contribution in [2.75, 3.05) is 45.3 Å². The van der Waals surface area contributed by atoms with Crippen molar-refractivity contribution in [3.63, 3.8) is 0 Å². The molecule has 1 aliphatic rings. The Balaban J connectivity index is 1.80. The number of anilines is 1. The molecular weight excluding hydrogens is 434 g/mol. The van der Waals surface area contributed by atoms with Gasteiger partial charge in [-0.25, -0.2) is 0 Å². The van der Waals surface area contributed by atoms with Gasteiger partial charge in [0.05, 0.1) is 24.7 Å². The second-order valence-corrected chi connectivity index (χ2v) is 6.94. The van der Waals surface area contributed by atoms with E-state index < -0.39 is 22.4 Å². The molecule has 0 bridgehead atoms. The second kappa shape index (κ2) is 10.5. The number of methoxy groups -OCH3 is 1. The smallest absolute Gasteiger partial charge is 0.286 e. The first-order chi connectivity index (χ1) is 15.9. The fourth-order valence-electron chi connectivity index (χ4n) is 3.29. The van der Waals surface area contributed by atoms with E-state index in [-0.39, 0.29) is 36.8 Å². The number of nitro groups is 1. The molecule has 0 saturated carbocycles. The van der Waals surface area contributed by atoms with Crippen molar-refractivity contribution < 1.29 is 33.5 Å². The number of benzene rings is 2. The van der Waals surface area contributed by atoms with Crippen molar-refractivity contribution in [1.82, 2.24) is 4.90 Å². The molecule has 0 radical (unpaired) electrons. The van der Waals surface area contributed by atoms with Crippen LogP contribution in [0.4, 0.5) is 11.4 Å². The Labute approximate surface area is 190 Å². The van der Waals surface area contributed by atoms with E-state index in [2.05, 4.69) is 5.32 Å². The van der Waals surface area contributed by atoms with Gasteiger partial charge in [-0.15, -0.1) is 0 Å². The first-order valence-electron chi connectivity index (χ1n) is 10.4. The van der Waals surface area contributed by atoms with Crippen molar-refractivity contribution in [3.05, 3.63) is 46.0 Å². The zero-order valence-electron chi connectivity index (χ0n) is 18.6. The number of nitro benzene ring substituents is 1. The minimum Gasteiger partial charge on any atom is -0.493 e. The molecule has 0 unspecified atom stereocenters. The Hall–Kier alpha value is -4.02. The lowest BCUT2D eigenvalue weighted by molar-refractivity contribution is -0.385. The zero-order valence-corrected chi connectivity index (χ0v) is 18.6. The maximum absolute atomic E-state index is 13.1. The van der Waals surface area contributed by atoms with Gasteiger partial charge in [0.25, 0.3) is 11.6 Å². The molecule has 0 saturated heterocycles. The van der Waals surface area contributed by atoms with Gasteiger partial charge in [-0.3, -0.25) is 19.7 Å². The number of rotatable bonds is 9. The molecular formula is C22H25N3O8. The molecule has 176 valence electrons. The molecule has 11 heteroatoms. The van der Waals surface area contributed by atoms with Crippen LogP contribution >= 0.6 is 0 Å². The summed E-state index contributed by atoms with van der Waals surface area (Å²) in [5.41, 5.74) is -0.161. The molecule has 2 amide bonds. The highest BCUT2D eigenvalue weighted by atomic mass is 16.6. The summed E-state index contributed by atoms with van der Waals surface area (Å²) < 4.78 is 21.6. The number of ether oxygens (including phenoxy) is 4. The van der Waals surface area contributed by atoms with E-state index in [9.17, 15) is 19.7 Å². The van der Waals surface area contributed by atoms with Crippen molar-refractivity contribution in [2.45, 2.75) is 13.8 Å². The van der Waals surface area contributed by atoms with Gasteiger partial charge in [-0.05, 0) is 26.0 Å². The molecule has 3 rings (SSSR count). The summed E-state index contributed by atoms with van der Waals surface area (Å²) in [5, 5.41) is 14.3. The van der Waals surface area contributed by atoms with Crippen molar-refractivity contribution >= 4 is 23.2 Å². The Morgan fingerprint density at radius 3 is 2.48 bits per heavy atom. The highest BCUT2D eigenvalue weighted by molar-refractivity contribution is 6.02. The fraction of sp³-hybridized carbons (Fsp3) is 0.364. The Morgan fingerprint density at radius 1 is 1.12 bits per heavy atom. The van der Waals surface area contributed by atoms with Gasteiger partial charge in [0.2, 0.25) is 5.91 Å². The van der Waals surface area contributed by atoms with Crippen LogP contribution in [0.5, 0.6) is 23.0 Å². The molecule has 0 spiro atoms. The summed E-state index contributed by atoms with van der Waals surface area (Å²) in [6.45, 7) is 4.40. The standard InChI is InChI=1S/C22H25N3O8/c1-4-24(13-21(26)23-14-6-7-17-19(10-14)33-9-8-32-17)22(27)15-11-20(31-5-2)18(30-3)12-16(15)25(28)29/h6-7,10-12H,4-5,8-9,13H2,1-3H3,(H,23,26). The molecule has 1 aliphatic heterocycles. The van der Waals surface area contributed by atoms with Gasteiger partial charge in [-0.1, -0.05) is 0 Å². The van der Waals surface area contributed by atoms with Crippen LogP contribution in [0.1, 0.15) is 24.2 Å². The minimum absolute atomic E-state index is 0.138. The van der Waals surface area contributed by atoms with E-state index in [0.717, 1.165) is 6.07 Å². The van der Waals surface area contributed by atoms with Crippen molar-refractivity contribution in [1.29, 1.82) is 0 Å². The third kappa shape index (κ3) is 5.43. The Morgan fingerprint density at radius 2 is 1.85 bits per heavy atom. The third-order valence-electron chi connectivity index (χ3n) is 4.84. The second-order valence-electron chi connectivity index (χ2n) is 6.94. The van der Waals surface area contributed by atoms with Crippen LogP contribution < -0.4 is 24.3 Å². The van der Waals surface area contributed by atoms with Gasteiger partial charge >= 0.3 is 0 Å². The largest absolute Gasteiger partial charge is 0.493 e. The minimum atomic E-state index is -0.676. The lowest BCUT2D eigenvalue weighted by Crippen LogP contribution is -2.38. The number of nitrogens with zero attached hydrogens (tertiary/aromatic N) is 2. The number of nitrogens with one attached hydrogen (secondary N) is 1. The number of carbonyl (C=O) groups is 2. The lowest BCUT2D eigenvalue weighted by Gasteiger charge is -2.22. The molecule has 0 atom stereocenters. The SMILES string of the molecule is CCOc1cc(C(=O)N(CC)CC(=O)Nc2ccc3c(c2)OCCO3)c([N+](=O)[O-])cc1OC. The molecule has 1 N–H and O–H groups in total. The third-order valence-corrected chi connectivity index (χ3v) is 4.84. The van der Waals surface area contributed by atoms with E-state index in [0.29, 0.717) is 30.4 Å². The highest BCUT2D eigenvalue weighted by Crippen LogP contribution is 2.35. The van der Waals surface area contributed by atoms with E-state index >= 15 is 0 Å². The van der Waals surface area contributed by atoms with Crippen LogP contribution in [0.15, 0.2) is 30.3 Å². The van der Waals surface area contributed by atoms with Crippen molar-refractivity contribution in [3.8, 4) is 23.0 Å². The number of hydrogen-bond acceptors (Lipinski definition) is 8. The van der Waals surface area contributed by atoms with E-state index in [1.54, 1.807) is 32.0 Å². The predicted octanol–water partition coefficient (Wildman–Crippen LogP) is 2.87.